The van der Waals surface area contributed by atoms with Crippen molar-refractivity contribution >= 4 is 16.8 Å². The quantitative estimate of drug-likeness (QED) is 0.489. The summed E-state index contributed by atoms with van der Waals surface area (Å²) in [6, 6.07) is 20.0. The van der Waals surface area contributed by atoms with Gasteiger partial charge in [0, 0.05) is 34.9 Å². The molecule has 152 valence electrons. The molecule has 0 atom stereocenters. The highest BCUT2D eigenvalue weighted by Gasteiger charge is 2.17. The van der Waals surface area contributed by atoms with E-state index in [2.05, 4.69) is 27.1 Å². The van der Waals surface area contributed by atoms with Crippen LogP contribution in [0.2, 0.25) is 0 Å². The van der Waals surface area contributed by atoms with E-state index < -0.39 is 0 Å². The third-order valence-electron chi connectivity index (χ3n) is 5.23. The predicted octanol–water partition coefficient (Wildman–Crippen LogP) is 4.74. The number of para-hydroxylation sites is 1. The fourth-order valence-corrected chi connectivity index (χ4v) is 3.74. The minimum Gasteiger partial charge on any atom is -0.361 e. The molecule has 0 radical (unpaired) electrons. The van der Waals surface area contributed by atoms with Crippen molar-refractivity contribution in [3.8, 4) is 0 Å². The largest absolute Gasteiger partial charge is 0.361 e. The van der Waals surface area contributed by atoms with Crippen molar-refractivity contribution in [2.75, 3.05) is 0 Å². The fourth-order valence-electron chi connectivity index (χ4n) is 3.74. The average Bonchev–Trinajstić information content (AvgIpc) is 3.15. The molecule has 5 heteroatoms. The number of aryl methyl sites for hydroxylation is 3. The van der Waals surface area contributed by atoms with Crippen LogP contribution >= 0.6 is 0 Å². The molecule has 0 aliphatic carbocycles. The van der Waals surface area contributed by atoms with Crippen LogP contribution in [0.4, 0.5) is 0 Å². The lowest BCUT2D eigenvalue weighted by Crippen LogP contribution is -2.31. The molecular weight excluding hydrogens is 372 g/mol. The molecule has 0 bridgehead atoms. The Kier molecular flexibility index (Phi) is 5.89. The number of hydrogen-bond acceptors (Lipinski definition) is 3. The van der Waals surface area contributed by atoms with Gasteiger partial charge in [0.25, 0.3) is 0 Å². The van der Waals surface area contributed by atoms with Crippen LogP contribution in [-0.4, -0.2) is 25.8 Å². The zero-order valence-corrected chi connectivity index (χ0v) is 17.4. The Labute approximate surface area is 176 Å². The van der Waals surface area contributed by atoms with Crippen LogP contribution in [0, 0.1) is 13.8 Å². The second-order valence-electron chi connectivity index (χ2n) is 7.65. The lowest BCUT2D eigenvalue weighted by atomic mass is 10.1. The molecule has 1 amide bonds. The number of aromatic nitrogens is 3. The van der Waals surface area contributed by atoms with Gasteiger partial charge in [-0.3, -0.25) is 14.8 Å². The number of hydrogen-bond donors (Lipinski definition) is 1. The molecule has 30 heavy (non-hydrogen) atoms. The summed E-state index contributed by atoms with van der Waals surface area (Å²) in [6.45, 7) is 4.89. The van der Waals surface area contributed by atoms with Crippen molar-refractivity contribution in [2.45, 2.75) is 39.8 Å². The van der Waals surface area contributed by atoms with E-state index in [-0.39, 0.29) is 5.91 Å². The number of H-pyrrole nitrogens is 1. The Balaban J connectivity index is 1.52. The first-order valence-corrected chi connectivity index (χ1v) is 10.3. The summed E-state index contributed by atoms with van der Waals surface area (Å²) in [5, 5.41) is 1.18. The number of rotatable bonds is 7. The highest BCUT2D eigenvalue weighted by Crippen LogP contribution is 2.20. The number of fused-ring (bicyclic) bond motifs is 1. The van der Waals surface area contributed by atoms with Crippen molar-refractivity contribution in [2.24, 2.45) is 0 Å². The van der Waals surface area contributed by atoms with Gasteiger partial charge in [-0.2, -0.15) is 0 Å². The number of carbonyl (C=O) groups is 1. The number of nitrogens with zero attached hydrogens (tertiary/aromatic N) is 3. The van der Waals surface area contributed by atoms with Gasteiger partial charge in [0.05, 0.1) is 24.5 Å². The van der Waals surface area contributed by atoms with E-state index in [1.807, 2.05) is 73.5 Å². The molecule has 0 unspecified atom stereocenters. The third kappa shape index (κ3) is 4.74. The monoisotopic (exact) mass is 398 g/mol. The van der Waals surface area contributed by atoms with Gasteiger partial charge in [-0.25, -0.2) is 0 Å². The summed E-state index contributed by atoms with van der Waals surface area (Å²) < 4.78 is 0. The van der Waals surface area contributed by atoms with Crippen molar-refractivity contribution in [3.63, 3.8) is 0 Å². The average molecular weight is 399 g/mol. The lowest BCUT2D eigenvalue weighted by molar-refractivity contribution is -0.132. The minimum absolute atomic E-state index is 0.104. The number of nitrogens with one attached hydrogen (secondary N) is 1. The number of pyridine rings is 2. The van der Waals surface area contributed by atoms with E-state index in [9.17, 15) is 4.79 Å². The SMILES string of the molecule is Cc1cccc(CN(Cc2cccc(C)n2)C(=O)CCc2c[nH]c3ccccc23)n1. The van der Waals surface area contributed by atoms with Gasteiger partial charge in [0.1, 0.15) is 0 Å². The Bertz CT molecular complexity index is 1120. The first kappa shape index (κ1) is 19.8. The molecule has 0 fully saturated rings. The number of aromatic amines is 1. The topological polar surface area (TPSA) is 61.9 Å². The number of carbonyl (C=O) groups excluding carboxylic acids is 1. The molecule has 3 aromatic heterocycles. The Morgan fingerprint density at radius 2 is 1.50 bits per heavy atom. The van der Waals surface area contributed by atoms with Crippen LogP contribution in [0.15, 0.2) is 66.9 Å². The van der Waals surface area contributed by atoms with Crippen molar-refractivity contribution < 1.29 is 4.79 Å². The first-order valence-electron chi connectivity index (χ1n) is 10.3. The van der Waals surface area contributed by atoms with Crippen molar-refractivity contribution in [1.82, 2.24) is 19.9 Å². The van der Waals surface area contributed by atoms with E-state index in [0.29, 0.717) is 25.9 Å². The van der Waals surface area contributed by atoms with Crippen LogP contribution in [0.1, 0.15) is 34.8 Å². The van der Waals surface area contributed by atoms with Crippen LogP contribution < -0.4 is 0 Å². The normalized spacial score (nSPS) is 11.0. The highest BCUT2D eigenvalue weighted by atomic mass is 16.2. The summed E-state index contributed by atoms with van der Waals surface area (Å²) in [5.74, 6) is 0.104. The number of amides is 1. The van der Waals surface area contributed by atoms with Gasteiger partial charge in [-0.15, -0.1) is 0 Å². The third-order valence-corrected chi connectivity index (χ3v) is 5.23. The standard InChI is InChI=1S/C25H26N4O/c1-18-7-5-9-21(27-18)16-29(17-22-10-6-8-19(2)28-22)25(30)14-13-20-15-26-24-12-4-3-11-23(20)24/h3-12,15,26H,13-14,16-17H2,1-2H3. The number of benzene rings is 1. The summed E-state index contributed by atoms with van der Waals surface area (Å²) in [5.41, 5.74) is 5.96. The molecule has 0 saturated carbocycles. The molecule has 0 aliphatic heterocycles. The van der Waals surface area contributed by atoms with Crippen LogP contribution in [0.5, 0.6) is 0 Å². The molecule has 4 rings (SSSR count). The molecule has 3 heterocycles. The summed E-state index contributed by atoms with van der Waals surface area (Å²) in [6.07, 6.45) is 3.15. The van der Waals surface area contributed by atoms with Crippen LogP contribution in [0.25, 0.3) is 10.9 Å². The van der Waals surface area contributed by atoms with Crippen LogP contribution in [-0.2, 0) is 24.3 Å². The second-order valence-corrected chi connectivity index (χ2v) is 7.65. The minimum atomic E-state index is 0.104. The van der Waals surface area contributed by atoms with E-state index in [4.69, 9.17) is 0 Å². The lowest BCUT2D eigenvalue weighted by Gasteiger charge is -2.22. The molecule has 1 N–H and O–H groups in total. The molecular formula is C25H26N4O. The van der Waals surface area contributed by atoms with Crippen LogP contribution in [0.3, 0.4) is 0 Å². The van der Waals surface area contributed by atoms with Gasteiger partial charge in [0.2, 0.25) is 5.91 Å². The molecule has 4 aromatic rings. The van der Waals surface area contributed by atoms with Crippen molar-refractivity contribution in [1.29, 1.82) is 0 Å². The van der Waals surface area contributed by atoms with Gasteiger partial charge in [0.15, 0.2) is 0 Å². The van der Waals surface area contributed by atoms with Gasteiger partial charge in [-0.05, 0) is 56.2 Å². The summed E-state index contributed by atoms with van der Waals surface area (Å²) >= 11 is 0. The van der Waals surface area contributed by atoms with Gasteiger partial charge < -0.3 is 9.88 Å². The molecule has 5 nitrogen and oxygen atoms in total. The maximum Gasteiger partial charge on any atom is 0.223 e. The van der Waals surface area contributed by atoms with Gasteiger partial charge >= 0.3 is 0 Å². The second kappa shape index (κ2) is 8.91. The first-order chi connectivity index (χ1) is 14.6. The molecule has 0 saturated heterocycles. The Morgan fingerprint density at radius 1 is 0.867 bits per heavy atom. The van der Waals surface area contributed by atoms with E-state index in [0.717, 1.165) is 28.3 Å². The zero-order chi connectivity index (χ0) is 20.9. The molecule has 1 aromatic carbocycles. The smallest absolute Gasteiger partial charge is 0.223 e. The Morgan fingerprint density at radius 3 is 2.13 bits per heavy atom. The molecule has 0 aliphatic rings. The fraction of sp³-hybridized carbons (Fsp3) is 0.240. The van der Waals surface area contributed by atoms with E-state index in [1.165, 1.54) is 10.9 Å². The molecule has 0 spiro atoms. The van der Waals surface area contributed by atoms with E-state index in [1.54, 1.807) is 0 Å². The summed E-state index contributed by atoms with van der Waals surface area (Å²) in [7, 11) is 0. The highest BCUT2D eigenvalue weighted by molar-refractivity contribution is 5.84. The van der Waals surface area contributed by atoms with Crippen molar-refractivity contribution in [3.05, 3.63) is 95.2 Å². The van der Waals surface area contributed by atoms with E-state index >= 15 is 0 Å². The van der Waals surface area contributed by atoms with Gasteiger partial charge in [-0.1, -0.05) is 30.3 Å². The predicted molar refractivity (Wildman–Crippen MR) is 119 cm³/mol. The Hall–Kier alpha value is -3.47. The summed E-state index contributed by atoms with van der Waals surface area (Å²) in [4.78, 5) is 27.5. The maximum absolute atomic E-state index is 13.2. The zero-order valence-electron chi connectivity index (χ0n) is 17.4. The maximum atomic E-state index is 13.2.